The monoisotopic (exact) mass is 388 g/mol. The van der Waals surface area contributed by atoms with Crippen molar-refractivity contribution in [1.29, 1.82) is 0 Å². The standard InChI is InChI=1S/C23H16O6/c1-26-16-6-3-2-5-13(16)11-19-22(25)14-8-9-18-21(23(14)29-19)15(12-20(24)28-18)17-7-4-10-27-17/h2-11,15H,12H2,1H3/b19-11-/t15-/m0/s1. The van der Waals surface area contributed by atoms with E-state index in [2.05, 4.69) is 0 Å². The van der Waals surface area contributed by atoms with Crippen LogP contribution in [-0.2, 0) is 4.79 Å². The number of esters is 1. The molecule has 0 N–H and O–H groups in total. The molecule has 0 bridgehead atoms. The van der Waals surface area contributed by atoms with Crippen molar-refractivity contribution in [2.45, 2.75) is 12.3 Å². The van der Waals surface area contributed by atoms with E-state index in [1.54, 1.807) is 43.7 Å². The van der Waals surface area contributed by atoms with Gasteiger partial charge in [0.1, 0.15) is 23.0 Å². The van der Waals surface area contributed by atoms with Crippen LogP contribution in [0.5, 0.6) is 17.2 Å². The van der Waals surface area contributed by atoms with E-state index >= 15 is 0 Å². The molecule has 2 aromatic carbocycles. The molecule has 2 aliphatic heterocycles. The van der Waals surface area contributed by atoms with E-state index in [9.17, 15) is 9.59 Å². The van der Waals surface area contributed by atoms with Crippen LogP contribution in [0, 0.1) is 0 Å². The number of ketones is 1. The highest BCUT2D eigenvalue weighted by Crippen LogP contribution is 2.49. The molecule has 0 saturated carbocycles. The molecule has 1 aromatic heterocycles. The number of para-hydroxylation sites is 1. The topological polar surface area (TPSA) is 75.0 Å². The van der Waals surface area contributed by atoms with Gasteiger partial charge in [-0.2, -0.15) is 0 Å². The van der Waals surface area contributed by atoms with E-state index in [-0.39, 0.29) is 29.9 Å². The van der Waals surface area contributed by atoms with Crippen LogP contribution in [0.4, 0.5) is 0 Å². The number of benzene rings is 2. The van der Waals surface area contributed by atoms with Crippen LogP contribution in [0.2, 0.25) is 0 Å². The van der Waals surface area contributed by atoms with Gasteiger partial charge in [0.2, 0.25) is 5.78 Å². The summed E-state index contributed by atoms with van der Waals surface area (Å²) < 4.78 is 22.3. The molecule has 0 unspecified atom stereocenters. The normalized spacial score (nSPS) is 18.8. The molecule has 0 spiro atoms. The van der Waals surface area contributed by atoms with Crippen molar-refractivity contribution in [3.05, 3.63) is 83.0 Å². The number of hydrogen-bond donors (Lipinski definition) is 0. The van der Waals surface area contributed by atoms with E-state index in [0.29, 0.717) is 34.1 Å². The summed E-state index contributed by atoms with van der Waals surface area (Å²) in [5.74, 6) is 1.26. The summed E-state index contributed by atoms with van der Waals surface area (Å²) in [7, 11) is 1.57. The van der Waals surface area contributed by atoms with Crippen molar-refractivity contribution < 1.29 is 28.2 Å². The number of fused-ring (bicyclic) bond motifs is 3. The molecular formula is C23H16O6. The van der Waals surface area contributed by atoms with Crippen molar-refractivity contribution in [1.82, 2.24) is 0 Å². The molecule has 29 heavy (non-hydrogen) atoms. The number of ether oxygens (including phenoxy) is 3. The van der Waals surface area contributed by atoms with Crippen LogP contribution < -0.4 is 14.2 Å². The number of hydrogen-bond acceptors (Lipinski definition) is 6. The number of methoxy groups -OCH3 is 1. The zero-order valence-corrected chi connectivity index (χ0v) is 15.5. The van der Waals surface area contributed by atoms with Gasteiger partial charge in [-0.05, 0) is 36.4 Å². The van der Waals surface area contributed by atoms with Gasteiger partial charge in [0.05, 0.1) is 31.3 Å². The summed E-state index contributed by atoms with van der Waals surface area (Å²) in [6.45, 7) is 0. The van der Waals surface area contributed by atoms with E-state index in [1.165, 1.54) is 0 Å². The van der Waals surface area contributed by atoms with Gasteiger partial charge in [-0.25, -0.2) is 0 Å². The molecule has 0 saturated heterocycles. The maximum absolute atomic E-state index is 13.0. The van der Waals surface area contributed by atoms with Gasteiger partial charge in [-0.3, -0.25) is 9.59 Å². The zero-order valence-electron chi connectivity index (χ0n) is 15.5. The first-order valence-corrected chi connectivity index (χ1v) is 9.14. The summed E-state index contributed by atoms with van der Waals surface area (Å²) in [4.78, 5) is 25.1. The Morgan fingerprint density at radius 2 is 1.90 bits per heavy atom. The molecule has 2 aliphatic rings. The van der Waals surface area contributed by atoms with Crippen LogP contribution in [0.3, 0.4) is 0 Å². The summed E-state index contributed by atoms with van der Waals surface area (Å²) in [5.41, 5.74) is 1.81. The predicted molar refractivity (Wildman–Crippen MR) is 103 cm³/mol. The fourth-order valence-corrected chi connectivity index (χ4v) is 3.77. The summed E-state index contributed by atoms with van der Waals surface area (Å²) in [6.07, 6.45) is 3.32. The zero-order chi connectivity index (χ0) is 20.0. The Morgan fingerprint density at radius 3 is 2.69 bits per heavy atom. The Hall–Kier alpha value is -3.80. The maximum Gasteiger partial charge on any atom is 0.312 e. The third-order valence-electron chi connectivity index (χ3n) is 5.09. The van der Waals surface area contributed by atoms with Gasteiger partial charge in [0, 0.05) is 11.1 Å². The highest BCUT2D eigenvalue weighted by Gasteiger charge is 2.39. The predicted octanol–water partition coefficient (Wildman–Crippen LogP) is 4.35. The van der Waals surface area contributed by atoms with Gasteiger partial charge in [0.15, 0.2) is 5.76 Å². The lowest BCUT2D eigenvalue weighted by molar-refractivity contribution is -0.135. The second kappa shape index (κ2) is 6.67. The van der Waals surface area contributed by atoms with E-state index < -0.39 is 0 Å². The van der Waals surface area contributed by atoms with Gasteiger partial charge in [-0.1, -0.05) is 18.2 Å². The Bertz CT molecular complexity index is 1160. The second-order valence-electron chi connectivity index (χ2n) is 6.78. The summed E-state index contributed by atoms with van der Waals surface area (Å²) in [5, 5.41) is 0. The Morgan fingerprint density at radius 1 is 1.03 bits per heavy atom. The number of carbonyl (C=O) groups excluding carboxylic acids is 2. The minimum atomic E-state index is -0.380. The van der Waals surface area contributed by atoms with Crippen LogP contribution in [-0.4, -0.2) is 18.9 Å². The molecular weight excluding hydrogens is 372 g/mol. The first-order chi connectivity index (χ1) is 14.2. The second-order valence-corrected chi connectivity index (χ2v) is 6.78. The number of carbonyl (C=O) groups is 2. The summed E-state index contributed by atoms with van der Waals surface area (Å²) >= 11 is 0. The number of Topliss-reactive ketones (excluding diaryl/α,β-unsaturated/α-hetero) is 1. The average molecular weight is 388 g/mol. The maximum atomic E-state index is 13.0. The minimum Gasteiger partial charge on any atom is -0.496 e. The molecule has 0 fully saturated rings. The fourth-order valence-electron chi connectivity index (χ4n) is 3.77. The molecule has 3 aromatic rings. The van der Waals surface area contributed by atoms with Crippen LogP contribution in [0.1, 0.15) is 39.6 Å². The lowest BCUT2D eigenvalue weighted by Crippen LogP contribution is -2.21. The molecule has 6 nitrogen and oxygen atoms in total. The first kappa shape index (κ1) is 17.3. The van der Waals surface area contributed by atoms with Crippen molar-refractivity contribution >= 4 is 17.8 Å². The van der Waals surface area contributed by atoms with Crippen molar-refractivity contribution in [2.75, 3.05) is 7.11 Å². The SMILES string of the molecule is COc1ccccc1/C=C1\Oc2c(ccc3c2[C@H](c2ccco2)CC(=O)O3)C1=O. The molecule has 144 valence electrons. The van der Waals surface area contributed by atoms with Crippen LogP contribution >= 0.6 is 0 Å². The smallest absolute Gasteiger partial charge is 0.312 e. The molecule has 0 aliphatic carbocycles. The van der Waals surface area contributed by atoms with E-state index in [0.717, 1.165) is 5.56 Å². The highest BCUT2D eigenvalue weighted by atomic mass is 16.5. The average Bonchev–Trinajstić information content (AvgIpc) is 3.37. The van der Waals surface area contributed by atoms with Gasteiger partial charge < -0.3 is 18.6 Å². The van der Waals surface area contributed by atoms with Crippen LogP contribution in [0.15, 0.2) is 65.0 Å². The fraction of sp³-hybridized carbons (Fsp3) is 0.130. The Labute approximate surface area is 166 Å². The lowest BCUT2D eigenvalue weighted by Gasteiger charge is -2.24. The molecule has 0 amide bonds. The molecule has 3 heterocycles. The first-order valence-electron chi connectivity index (χ1n) is 9.14. The quantitative estimate of drug-likeness (QED) is 0.377. The molecule has 6 heteroatoms. The molecule has 0 radical (unpaired) electrons. The number of allylic oxidation sites excluding steroid dienone is 1. The van der Waals surface area contributed by atoms with Gasteiger partial charge in [0.25, 0.3) is 0 Å². The van der Waals surface area contributed by atoms with E-state index in [1.807, 2.05) is 24.3 Å². The third kappa shape index (κ3) is 2.81. The van der Waals surface area contributed by atoms with E-state index in [4.69, 9.17) is 18.6 Å². The third-order valence-corrected chi connectivity index (χ3v) is 5.09. The Balaban J connectivity index is 1.62. The molecule has 1 atom stereocenters. The minimum absolute atomic E-state index is 0.111. The summed E-state index contributed by atoms with van der Waals surface area (Å²) in [6, 6.07) is 14.2. The van der Waals surface area contributed by atoms with Crippen molar-refractivity contribution in [2.24, 2.45) is 0 Å². The number of rotatable bonds is 3. The molecule has 5 rings (SSSR count). The van der Waals surface area contributed by atoms with Gasteiger partial charge >= 0.3 is 5.97 Å². The number of furan rings is 1. The van der Waals surface area contributed by atoms with Gasteiger partial charge in [-0.15, -0.1) is 0 Å². The lowest BCUT2D eigenvalue weighted by atomic mass is 9.88. The van der Waals surface area contributed by atoms with Crippen LogP contribution in [0.25, 0.3) is 6.08 Å². The largest absolute Gasteiger partial charge is 0.496 e. The Kier molecular flexibility index (Phi) is 3.98. The highest BCUT2D eigenvalue weighted by molar-refractivity contribution is 6.15. The van der Waals surface area contributed by atoms with Crippen molar-refractivity contribution in [3.8, 4) is 17.2 Å². The van der Waals surface area contributed by atoms with Crippen molar-refractivity contribution in [3.63, 3.8) is 0 Å².